The van der Waals surface area contributed by atoms with Crippen molar-refractivity contribution in [2.45, 2.75) is 24.5 Å². The van der Waals surface area contributed by atoms with E-state index in [0.29, 0.717) is 24.2 Å². The minimum Gasteiger partial charge on any atom is -0.393 e. The number of aromatic nitrogens is 2. The number of nitrogens with zero attached hydrogens (tertiary/aromatic N) is 2. The fourth-order valence-corrected chi connectivity index (χ4v) is 3.30. The molecule has 0 aliphatic heterocycles. The molecule has 1 aliphatic rings. The monoisotopic (exact) mass is 309 g/mol. The first-order valence-electron chi connectivity index (χ1n) is 7.59. The summed E-state index contributed by atoms with van der Waals surface area (Å²) in [7, 11) is 0. The number of nitrogens with one attached hydrogen (secondary N) is 1. The van der Waals surface area contributed by atoms with Crippen LogP contribution in [-0.2, 0) is 5.54 Å². The predicted octanol–water partition coefficient (Wildman–Crippen LogP) is 3.23. The molecular formula is C18H16FN3O. The summed E-state index contributed by atoms with van der Waals surface area (Å²) in [5.41, 5.74) is 0.649. The number of fused-ring (bicyclic) bond motifs is 1. The summed E-state index contributed by atoms with van der Waals surface area (Å²) in [5, 5.41) is 14.1. The van der Waals surface area contributed by atoms with Crippen LogP contribution in [0.15, 0.2) is 54.9 Å². The Morgan fingerprint density at radius 2 is 1.87 bits per heavy atom. The highest BCUT2D eigenvalue weighted by Crippen LogP contribution is 2.45. The molecular weight excluding hydrogens is 293 g/mol. The number of pyridine rings is 2. The maximum Gasteiger partial charge on any atom is 0.153 e. The Morgan fingerprint density at radius 1 is 1.04 bits per heavy atom. The van der Waals surface area contributed by atoms with Gasteiger partial charge in [-0.1, -0.05) is 24.3 Å². The fraction of sp³-hybridized carbons (Fsp3) is 0.222. The minimum absolute atomic E-state index is 0.278. The largest absolute Gasteiger partial charge is 0.393 e. The van der Waals surface area contributed by atoms with E-state index in [1.807, 2.05) is 18.2 Å². The Morgan fingerprint density at radius 3 is 2.65 bits per heavy atom. The van der Waals surface area contributed by atoms with E-state index in [1.165, 1.54) is 6.07 Å². The third-order valence-electron chi connectivity index (χ3n) is 4.44. The topological polar surface area (TPSA) is 58.0 Å². The highest BCUT2D eigenvalue weighted by atomic mass is 19.1. The van der Waals surface area contributed by atoms with E-state index in [4.69, 9.17) is 0 Å². The molecule has 1 aromatic carbocycles. The molecule has 0 saturated heterocycles. The molecule has 2 aromatic heterocycles. The number of hydrogen-bond donors (Lipinski definition) is 2. The molecule has 5 heteroatoms. The van der Waals surface area contributed by atoms with Crippen LogP contribution in [0.3, 0.4) is 0 Å². The Bertz CT molecular complexity index is 856. The molecule has 0 bridgehead atoms. The Labute approximate surface area is 133 Å². The van der Waals surface area contributed by atoms with Gasteiger partial charge >= 0.3 is 0 Å². The standard InChI is InChI=1S/C18H16FN3O/c19-15-6-2-1-5-14(15)18(10-13(23)11-18)22-17-16-12(7-9-21-17)4-3-8-20-16/h1-9,13,23H,10-11H2,(H,21,22). The summed E-state index contributed by atoms with van der Waals surface area (Å²) in [6.45, 7) is 0. The molecule has 1 fully saturated rings. The zero-order valence-electron chi connectivity index (χ0n) is 12.4. The van der Waals surface area contributed by atoms with E-state index in [-0.39, 0.29) is 5.82 Å². The first-order valence-corrected chi connectivity index (χ1v) is 7.59. The third kappa shape index (κ3) is 2.33. The van der Waals surface area contributed by atoms with Gasteiger partial charge in [0.25, 0.3) is 0 Å². The summed E-state index contributed by atoms with van der Waals surface area (Å²) in [6, 6.07) is 12.4. The maximum atomic E-state index is 14.3. The van der Waals surface area contributed by atoms with E-state index in [2.05, 4.69) is 15.3 Å². The zero-order valence-corrected chi connectivity index (χ0v) is 12.4. The second kappa shape index (κ2) is 5.28. The zero-order chi connectivity index (χ0) is 15.9. The summed E-state index contributed by atoms with van der Waals surface area (Å²) in [4.78, 5) is 8.75. The van der Waals surface area contributed by atoms with Gasteiger partial charge in [0.15, 0.2) is 5.82 Å². The van der Waals surface area contributed by atoms with E-state index >= 15 is 0 Å². The maximum absolute atomic E-state index is 14.3. The van der Waals surface area contributed by atoms with Crippen molar-refractivity contribution in [1.82, 2.24) is 9.97 Å². The highest BCUT2D eigenvalue weighted by molar-refractivity contribution is 5.88. The Balaban J connectivity index is 1.79. The number of hydrogen-bond acceptors (Lipinski definition) is 4. The molecule has 1 aliphatic carbocycles. The van der Waals surface area contributed by atoms with Crippen LogP contribution in [-0.4, -0.2) is 21.2 Å². The van der Waals surface area contributed by atoms with Crippen LogP contribution in [0, 0.1) is 5.82 Å². The molecule has 2 N–H and O–H groups in total. The first-order chi connectivity index (χ1) is 11.2. The lowest BCUT2D eigenvalue weighted by atomic mass is 9.69. The molecule has 0 amide bonds. The van der Waals surface area contributed by atoms with Crippen LogP contribution in [0.1, 0.15) is 18.4 Å². The second-order valence-corrected chi connectivity index (χ2v) is 5.98. The molecule has 0 spiro atoms. The lowest BCUT2D eigenvalue weighted by Gasteiger charge is -2.46. The van der Waals surface area contributed by atoms with Gasteiger partial charge in [0, 0.05) is 36.2 Å². The Kier molecular flexibility index (Phi) is 3.23. The van der Waals surface area contributed by atoms with E-state index < -0.39 is 11.6 Å². The van der Waals surface area contributed by atoms with E-state index in [0.717, 1.165) is 10.9 Å². The molecule has 0 radical (unpaired) electrons. The number of aliphatic hydroxyl groups is 1. The number of rotatable bonds is 3. The summed E-state index contributed by atoms with van der Waals surface area (Å²) >= 11 is 0. The normalized spacial score (nSPS) is 23.5. The molecule has 4 rings (SSSR count). The van der Waals surface area contributed by atoms with Gasteiger partial charge in [0.2, 0.25) is 0 Å². The quantitative estimate of drug-likeness (QED) is 0.780. The number of halogens is 1. The van der Waals surface area contributed by atoms with Crippen molar-refractivity contribution in [3.63, 3.8) is 0 Å². The molecule has 4 nitrogen and oxygen atoms in total. The van der Waals surface area contributed by atoms with Crippen molar-refractivity contribution in [3.8, 4) is 0 Å². The SMILES string of the molecule is OC1CC(Nc2nccc3cccnc23)(c2ccccc2F)C1. The van der Waals surface area contributed by atoms with Crippen LogP contribution < -0.4 is 5.32 Å². The summed E-state index contributed by atoms with van der Waals surface area (Å²) in [5.74, 6) is 0.332. The van der Waals surface area contributed by atoms with Gasteiger partial charge in [-0.15, -0.1) is 0 Å². The summed E-state index contributed by atoms with van der Waals surface area (Å²) in [6.07, 6.45) is 3.86. The van der Waals surface area contributed by atoms with Gasteiger partial charge in [-0.25, -0.2) is 9.37 Å². The van der Waals surface area contributed by atoms with Crippen LogP contribution in [0.2, 0.25) is 0 Å². The number of aliphatic hydroxyl groups excluding tert-OH is 1. The molecule has 23 heavy (non-hydrogen) atoms. The van der Waals surface area contributed by atoms with E-state index in [1.54, 1.807) is 30.6 Å². The van der Waals surface area contributed by atoms with Crippen LogP contribution in [0.4, 0.5) is 10.2 Å². The van der Waals surface area contributed by atoms with Gasteiger partial charge in [0.1, 0.15) is 11.3 Å². The lowest BCUT2D eigenvalue weighted by molar-refractivity contribution is 0.0301. The smallest absolute Gasteiger partial charge is 0.153 e. The van der Waals surface area contributed by atoms with Crippen molar-refractivity contribution < 1.29 is 9.50 Å². The minimum atomic E-state index is -0.649. The molecule has 0 unspecified atom stereocenters. The number of anilines is 1. The second-order valence-electron chi connectivity index (χ2n) is 5.98. The van der Waals surface area contributed by atoms with Crippen molar-refractivity contribution >= 4 is 16.7 Å². The van der Waals surface area contributed by atoms with Crippen molar-refractivity contribution in [1.29, 1.82) is 0 Å². The fourth-order valence-electron chi connectivity index (χ4n) is 3.30. The van der Waals surface area contributed by atoms with Crippen molar-refractivity contribution in [2.75, 3.05) is 5.32 Å². The third-order valence-corrected chi connectivity index (χ3v) is 4.44. The van der Waals surface area contributed by atoms with Gasteiger partial charge in [0.05, 0.1) is 11.6 Å². The number of benzene rings is 1. The highest BCUT2D eigenvalue weighted by Gasteiger charge is 2.47. The van der Waals surface area contributed by atoms with Gasteiger partial charge in [-0.3, -0.25) is 4.98 Å². The van der Waals surface area contributed by atoms with Crippen molar-refractivity contribution in [2.24, 2.45) is 0 Å². The Hall–Kier alpha value is -2.53. The van der Waals surface area contributed by atoms with Crippen molar-refractivity contribution in [3.05, 3.63) is 66.2 Å². The molecule has 116 valence electrons. The van der Waals surface area contributed by atoms with Crippen LogP contribution >= 0.6 is 0 Å². The summed E-state index contributed by atoms with van der Waals surface area (Å²) < 4.78 is 14.3. The van der Waals surface area contributed by atoms with Crippen LogP contribution in [0.5, 0.6) is 0 Å². The predicted molar refractivity (Wildman–Crippen MR) is 86.5 cm³/mol. The van der Waals surface area contributed by atoms with Gasteiger partial charge in [-0.05, 0) is 18.2 Å². The average molecular weight is 309 g/mol. The molecule has 0 atom stereocenters. The van der Waals surface area contributed by atoms with Crippen LogP contribution in [0.25, 0.3) is 10.9 Å². The molecule has 2 heterocycles. The van der Waals surface area contributed by atoms with E-state index in [9.17, 15) is 9.50 Å². The van der Waals surface area contributed by atoms with Gasteiger partial charge < -0.3 is 10.4 Å². The van der Waals surface area contributed by atoms with Gasteiger partial charge in [-0.2, -0.15) is 0 Å². The molecule has 3 aromatic rings. The average Bonchev–Trinajstić information content (AvgIpc) is 2.54. The first kappa shape index (κ1) is 14.1. The molecule has 1 saturated carbocycles. The lowest BCUT2D eigenvalue weighted by Crippen LogP contribution is -2.51.